The van der Waals surface area contributed by atoms with Gasteiger partial charge in [0.05, 0.1) is 17.2 Å². The number of likely N-dealkylation sites (N-methyl/N-ethyl adjacent to an activating group) is 1. The summed E-state index contributed by atoms with van der Waals surface area (Å²) in [5.74, 6) is -0.984. The Balaban J connectivity index is 2.06. The second kappa shape index (κ2) is 7.88. The first-order chi connectivity index (χ1) is 13.1. The minimum atomic E-state index is -0.498. The van der Waals surface area contributed by atoms with Crippen molar-refractivity contribution in [2.45, 2.75) is 20.4 Å². The van der Waals surface area contributed by atoms with Crippen molar-refractivity contribution in [1.82, 2.24) is 9.47 Å². The topological polar surface area (TPSA) is 66.1 Å². The predicted octanol–water partition coefficient (Wildman–Crippen LogP) is 3.61. The summed E-state index contributed by atoms with van der Waals surface area (Å²) in [4.78, 5) is 26.9. The van der Waals surface area contributed by atoms with E-state index in [1.54, 1.807) is 12.3 Å². The Labute approximate surface area is 158 Å². The van der Waals surface area contributed by atoms with E-state index in [9.17, 15) is 14.9 Å². The third-order valence-corrected chi connectivity index (χ3v) is 4.76. The number of carbonyl (C=O) groups excluding carboxylic acids is 2. The number of para-hydroxylation sites is 1. The quantitative estimate of drug-likeness (QED) is 0.499. The molecule has 0 saturated carbocycles. The zero-order valence-corrected chi connectivity index (χ0v) is 15.5. The maximum Gasteiger partial charge on any atom is 0.295 e. The van der Waals surface area contributed by atoms with Gasteiger partial charge in [0.25, 0.3) is 11.7 Å². The molecule has 27 heavy (non-hydrogen) atoms. The van der Waals surface area contributed by atoms with E-state index in [0.29, 0.717) is 30.8 Å². The summed E-state index contributed by atoms with van der Waals surface area (Å²) in [6.45, 7) is 5.16. The van der Waals surface area contributed by atoms with Crippen LogP contribution < -0.4 is 0 Å². The third kappa shape index (κ3) is 3.47. The normalized spacial score (nSPS) is 10.6. The first-order valence-electron chi connectivity index (χ1n) is 9.00. The molecule has 1 heterocycles. The van der Waals surface area contributed by atoms with Crippen molar-refractivity contribution in [2.75, 3.05) is 13.1 Å². The van der Waals surface area contributed by atoms with Gasteiger partial charge in [0, 0.05) is 36.7 Å². The number of rotatable bonds is 6. The summed E-state index contributed by atoms with van der Waals surface area (Å²) in [5.41, 5.74) is 2.73. The van der Waals surface area contributed by atoms with Gasteiger partial charge in [0.15, 0.2) is 0 Å². The Morgan fingerprint density at radius 2 is 1.70 bits per heavy atom. The van der Waals surface area contributed by atoms with Gasteiger partial charge in [-0.15, -0.1) is 0 Å². The first kappa shape index (κ1) is 18.4. The van der Waals surface area contributed by atoms with Gasteiger partial charge in [-0.1, -0.05) is 36.4 Å². The Bertz CT molecular complexity index is 1040. The minimum absolute atomic E-state index is 0.400. The average Bonchev–Trinajstić information content (AvgIpc) is 3.07. The van der Waals surface area contributed by atoms with E-state index in [2.05, 4.69) is 6.07 Å². The number of fused-ring (bicyclic) bond motifs is 1. The fraction of sp³-hybridized carbons (Fsp3) is 0.227. The van der Waals surface area contributed by atoms with Crippen LogP contribution >= 0.6 is 0 Å². The number of carbonyl (C=O) groups is 2. The van der Waals surface area contributed by atoms with Crippen molar-refractivity contribution in [3.05, 3.63) is 71.4 Å². The van der Waals surface area contributed by atoms with Crippen LogP contribution in [-0.2, 0) is 11.3 Å². The maximum atomic E-state index is 12.8. The molecule has 3 aromatic rings. The van der Waals surface area contributed by atoms with Crippen molar-refractivity contribution < 1.29 is 9.59 Å². The van der Waals surface area contributed by atoms with E-state index in [0.717, 1.165) is 16.5 Å². The first-order valence-corrected chi connectivity index (χ1v) is 9.00. The average molecular weight is 359 g/mol. The van der Waals surface area contributed by atoms with Crippen LogP contribution in [0.5, 0.6) is 0 Å². The monoisotopic (exact) mass is 359 g/mol. The molecule has 0 aliphatic heterocycles. The van der Waals surface area contributed by atoms with Gasteiger partial charge in [0.1, 0.15) is 0 Å². The number of ketones is 1. The zero-order chi connectivity index (χ0) is 19.4. The molecule has 5 heteroatoms. The largest absolute Gasteiger partial charge is 0.342 e. The molecule has 2 aromatic carbocycles. The molecule has 3 rings (SSSR count). The van der Waals surface area contributed by atoms with Crippen LogP contribution in [0, 0.1) is 11.3 Å². The maximum absolute atomic E-state index is 12.8. The van der Waals surface area contributed by atoms with Gasteiger partial charge >= 0.3 is 0 Å². The molecule has 0 radical (unpaired) electrons. The van der Waals surface area contributed by atoms with E-state index in [4.69, 9.17) is 0 Å². The highest BCUT2D eigenvalue weighted by Gasteiger charge is 2.25. The fourth-order valence-corrected chi connectivity index (χ4v) is 3.28. The lowest BCUT2D eigenvalue weighted by atomic mass is 10.1. The SMILES string of the molecule is CCN(CC)C(=O)C(=O)c1cn(Cc2ccccc2C#N)c2ccccc12. The van der Waals surface area contributed by atoms with Crippen molar-refractivity contribution in [3.63, 3.8) is 0 Å². The minimum Gasteiger partial charge on any atom is -0.342 e. The lowest BCUT2D eigenvalue weighted by molar-refractivity contribution is -0.126. The molecule has 1 amide bonds. The molecular weight excluding hydrogens is 338 g/mol. The third-order valence-electron chi connectivity index (χ3n) is 4.76. The summed E-state index contributed by atoms with van der Waals surface area (Å²) in [5, 5.41) is 10.1. The molecule has 0 aliphatic carbocycles. The molecule has 5 nitrogen and oxygen atoms in total. The molecule has 0 saturated heterocycles. The predicted molar refractivity (Wildman–Crippen MR) is 104 cm³/mol. The van der Waals surface area contributed by atoms with Gasteiger partial charge in [0.2, 0.25) is 0 Å². The Kier molecular flexibility index (Phi) is 5.37. The number of hydrogen-bond donors (Lipinski definition) is 0. The van der Waals surface area contributed by atoms with Crippen LogP contribution in [0.4, 0.5) is 0 Å². The van der Waals surface area contributed by atoms with Crippen LogP contribution in [0.15, 0.2) is 54.7 Å². The number of nitrogens with zero attached hydrogens (tertiary/aromatic N) is 3. The standard InChI is InChI=1S/C22H21N3O2/c1-3-24(4-2)22(27)21(26)19-15-25(20-12-8-7-11-18(19)20)14-17-10-6-5-9-16(17)13-23/h5-12,15H,3-4,14H2,1-2H3. The second-order valence-electron chi connectivity index (χ2n) is 6.26. The lowest BCUT2D eigenvalue weighted by Crippen LogP contribution is -2.36. The summed E-state index contributed by atoms with van der Waals surface area (Å²) < 4.78 is 1.92. The zero-order valence-electron chi connectivity index (χ0n) is 15.5. The van der Waals surface area contributed by atoms with E-state index in [1.807, 2.05) is 60.9 Å². The smallest absolute Gasteiger partial charge is 0.295 e. The van der Waals surface area contributed by atoms with Crippen LogP contribution in [0.25, 0.3) is 10.9 Å². The molecular formula is C22H21N3O2. The molecule has 0 bridgehead atoms. The van der Waals surface area contributed by atoms with Crippen LogP contribution in [0.1, 0.15) is 35.3 Å². The lowest BCUT2D eigenvalue weighted by Gasteiger charge is -2.17. The Morgan fingerprint density at radius 3 is 2.41 bits per heavy atom. The number of aromatic nitrogens is 1. The van der Waals surface area contributed by atoms with Gasteiger partial charge in [-0.3, -0.25) is 9.59 Å². The number of nitriles is 1. The van der Waals surface area contributed by atoms with Gasteiger partial charge in [-0.05, 0) is 31.5 Å². The van der Waals surface area contributed by atoms with Crippen LogP contribution in [-0.4, -0.2) is 34.2 Å². The highest BCUT2D eigenvalue weighted by Crippen LogP contribution is 2.24. The molecule has 0 unspecified atom stereocenters. The number of hydrogen-bond acceptors (Lipinski definition) is 3. The molecule has 0 aliphatic rings. The van der Waals surface area contributed by atoms with Crippen LogP contribution in [0.3, 0.4) is 0 Å². The number of amides is 1. The van der Waals surface area contributed by atoms with E-state index in [1.165, 1.54) is 4.90 Å². The van der Waals surface area contributed by atoms with E-state index in [-0.39, 0.29) is 0 Å². The van der Waals surface area contributed by atoms with Crippen molar-refractivity contribution in [1.29, 1.82) is 5.26 Å². The van der Waals surface area contributed by atoms with E-state index < -0.39 is 11.7 Å². The summed E-state index contributed by atoms with van der Waals surface area (Å²) in [7, 11) is 0. The summed E-state index contributed by atoms with van der Waals surface area (Å²) in [6.07, 6.45) is 1.72. The highest BCUT2D eigenvalue weighted by atomic mass is 16.2. The van der Waals surface area contributed by atoms with Gasteiger partial charge in [-0.2, -0.15) is 5.26 Å². The number of Topliss-reactive ketones (excluding diaryl/α,β-unsaturated/α-hetero) is 1. The van der Waals surface area contributed by atoms with Gasteiger partial charge < -0.3 is 9.47 Å². The van der Waals surface area contributed by atoms with Crippen molar-refractivity contribution in [2.24, 2.45) is 0 Å². The van der Waals surface area contributed by atoms with Crippen molar-refractivity contribution in [3.8, 4) is 6.07 Å². The van der Waals surface area contributed by atoms with E-state index >= 15 is 0 Å². The Morgan fingerprint density at radius 1 is 1.04 bits per heavy atom. The Hall–Kier alpha value is -3.39. The highest BCUT2D eigenvalue weighted by molar-refractivity contribution is 6.44. The van der Waals surface area contributed by atoms with Crippen LogP contribution in [0.2, 0.25) is 0 Å². The number of benzene rings is 2. The molecule has 0 spiro atoms. The second-order valence-corrected chi connectivity index (χ2v) is 6.26. The van der Waals surface area contributed by atoms with Gasteiger partial charge in [-0.25, -0.2) is 0 Å². The molecule has 0 atom stereocenters. The molecule has 0 fully saturated rings. The summed E-state index contributed by atoms with van der Waals surface area (Å²) in [6, 6.07) is 17.1. The molecule has 136 valence electrons. The summed E-state index contributed by atoms with van der Waals surface area (Å²) >= 11 is 0. The fourth-order valence-electron chi connectivity index (χ4n) is 3.28. The van der Waals surface area contributed by atoms with Crippen molar-refractivity contribution >= 4 is 22.6 Å². The molecule has 1 aromatic heterocycles. The molecule has 0 N–H and O–H groups in total.